The van der Waals surface area contributed by atoms with Crippen LogP contribution in [0.15, 0.2) is 48.7 Å². The maximum Gasteiger partial charge on any atom is 0.119 e. The molecule has 0 radical (unpaired) electrons. The molecular formula is C20H23N3O. The van der Waals surface area contributed by atoms with Crippen molar-refractivity contribution in [3.05, 3.63) is 71.0 Å². The van der Waals surface area contributed by atoms with E-state index in [4.69, 9.17) is 4.74 Å². The summed E-state index contributed by atoms with van der Waals surface area (Å²) >= 11 is 0. The maximum absolute atomic E-state index is 5.61. The maximum atomic E-state index is 5.61. The highest BCUT2D eigenvalue weighted by Crippen LogP contribution is 2.23. The molecule has 0 aliphatic heterocycles. The average Bonchev–Trinajstić information content (AvgIpc) is 3.04. The summed E-state index contributed by atoms with van der Waals surface area (Å²) in [5, 5.41) is 8.53. The minimum absolute atomic E-state index is 0.695. The molecule has 124 valence electrons. The molecule has 0 atom stereocenters. The van der Waals surface area contributed by atoms with E-state index in [1.54, 1.807) is 0 Å². The minimum Gasteiger partial charge on any atom is -0.494 e. The normalized spacial score (nSPS) is 10.8. The van der Waals surface area contributed by atoms with Gasteiger partial charge in [-0.1, -0.05) is 23.4 Å². The summed E-state index contributed by atoms with van der Waals surface area (Å²) in [6.07, 6.45) is 3.84. The number of aromatic nitrogens is 3. The molecule has 0 amide bonds. The van der Waals surface area contributed by atoms with Crippen LogP contribution in [0.25, 0.3) is 5.69 Å². The van der Waals surface area contributed by atoms with Gasteiger partial charge in [-0.25, -0.2) is 4.68 Å². The Hall–Kier alpha value is -2.62. The minimum atomic E-state index is 0.695. The van der Waals surface area contributed by atoms with Crippen LogP contribution in [0.3, 0.4) is 0 Å². The first kappa shape index (κ1) is 16.2. The molecule has 4 heteroatoms. The zero-order valence-electron chi connectivity index (χ0n) is 14.5. The fraction of sp³-hybridized carbons (Fsp3) is 0.300. The summed E-state index contributed by atoms with van der Waals surface area (Å²) in [5.74, 6) is 0.950. The van der Waals surface area contributed by atoms with Crippen LogP contribution in [0.2, 0.25) is 0 Å². The van der Waals surface area contributed by atoms with Crippen molar-refractivity contribution in [1.82, 2.24) is 15.0 Å². The molecule has 3 aromatic rings. The lowest BCUT2D eigenvalue weighted by atomic mass is 9.97. The first-order chi connectivity index (χ1) is 11.7. The lowest BCUT2D eigenvalue weighted by Crippen LogP contribution is -2.00. The van der Waals surface area contributed by atoms with Crippen LogP contribution in [0, 0.1) is 13.8 Å². The molecule has 0 unspecified atom stereocenters. The van der Waals surface area contributed by atoms with Gasteiger partial charge in [0.05, 0.1) is 24.2 Å². The molecule has 2 aromatic carbocycles. The smallest absolute Gasteiger partial charge is 0.119 e. The van der Waals surface area contributed by atoms with Gasteiger partial charge in [0.25, 0.3) is 0 Å². The Kier molecular flexibility index (Phi) is 4.94. The highest BCUT2D eigenvalue weighted by Gasteiger charge is 2.08. The monoisotopic (exact) mass is 321 g/mol. The summed E-state index contributed by atoms with van der Waals surface area (Å²) in [4.78, 5) is 0. The van der Waals surface area contributed by atoms with Gasteiger partial charge in [0.15, 0.2) is 0 Å². The third-order valence-corrected chi connectivity index (χ3v) is 4.17. The largest absolute Gasteiger partial charge is 0.494 e. The molecule has 0 bridgehead atoms. The molecule has 0 saturated heterocycles. The van der Waals surface area contributed by atoms with Gasteiger partial charge in [-0.2, -0.15) is 0 Å². The Morgan fingerprint density at radius 3 is 2.38 bits per heavy atom. The number of nitrogens with zero attached hydrogens (tertiary/aromatic N) is 3. The summed E-state index contributed by atoms with van der Waals surface area (Å²) < 4.78 is 7.44. The van der Waals surface area contributed by atoms with Gasteiger partial charge in [-0.05, 0) is 74.6 Å². The summed E-state index contributed by atoms with van der Waals surface area (Å²) in [6, 6.07) is 14.3. The van der Waals surface area contributed by atoms with Crippen LogP contribution >= 0.6 is 0 Å². The standard InChI is InChI=1S/C20H23N3O/c1-4-24-19-12-15(2)20(16(3)13-19)11-10-17-14-23(22-21-17)18-8-6-5-7-9-18/h5-9,12-14H,4,10-11H2,1-3H3. The predicted octanol–water partition coefficient (Wildman–Crippen LogP) is 4.07. The van der Waals surface area contributed by atoms with Crippen LogP contribution in [0.1, 0.15) is 29.3 Å². The highest BCUT2D eigenvalue weighted by atomic mass is 16.5. The third kappa shape index (κ3) is 3.65. The van der Waals surface area contributed by atoms with Gasteiger partial charge in [0, 0.05) is 0 Å². The van der Waals surface area contributed by atoms with E-state index in [0.717, 1.165) is 30.0 Å². The first-order valence-electron chi connectivity index (χ1n) is 8.37. The Labute approximate surface area is 143 Å². The molecule has 24 heavy (non-hydrogen) atoms. The molecule has 0 N–H and O–H groups in total. The van der Waals surface area contributed by atoms with Gasteiger partial charge in [-0.3, -0.25) is 0 Å². The fourth-order valence-corrected chi connectivity index (χ4v) is 2.97. The van der Waals surface area contributed by atoms with Crippen molar-refractivity contribution in [2.45, 2.75) is 33.6 Å². The zero-order valence-corrected chi connectivity index (χ0v) is 14.5. The van der Waals surface area contributed by atoms with E-state index < -0.39 is 0 Å². The molecule has 4 nitrogen and oxygen atoms in total. The SMILES string of the molecule is CCOc1cc(C)c(CCc2cn(-c3ccccc3)nn2)c(C)c1. The van der Waals surface area contributed by atoms with Crippen molar-refractivity contribution in [3.8, 4) is 11.4 Å². The molecule has 1 heterocycles. The quantitative estimate of drug-likeness (QED) is 0.687. The topological polar surface area (TPSA) is 39.9 Å². The van der Waals surface area contributed by atoms with Crippen molar-refractivity contribution in [2.75, 3.05) is 6.61 Å². The Balaban J connectivity index is 1.71. The number of hydrogen-bond donors (Lipinski definition) is 0. The number of ether oxygens (including phenoxy) is 1. The summed E-state index contributed by atoms with van der Waals surface area (Å²) in [5.41, 5.74) is 5.95. The van der Waals surface area contributed by atoms with Crippen LogP contribution in [-0.2, 0) is 12.8 Å². The number of rotatable bonds is 6. The van der Waals surface area contributed by atoms with Crippen LogP contribution < -0.4 is 4.74 Å². The van der Waals surface area contributed by atoms with Crippen molar-refractivity contribution >= 4 is 0 Å². The van der Waals surface area contributed by atoms with Gasteiger partial charge in [-0.15, -0.1) is 5.10 Å². The van der Waals surface area contributed by atoms with E-state index in [1.165, 1.54) is 16.7 Å². The van der Waals surface area contributed by atoms with Crippen LogP contribution in [-0.4, -0.2) is 21.6 Å². The van der Waals surface area contributed by atoms with Gasteiger partial charge < -0.3 is 4.74 Å². The second-order valence-electron chi connectivity index (χ2n) is 5.96. The fourth-order valence-electron chi connectivity index (χ4n) is 2.97. The van der Waals surface area contributed by atoms with Gasteiger partial charge in [0.1, 0.15) is 5.75 Å². The molecule has 1 aromatic heterocycles. The van der Waals surface area contributed by atoms with Gasteiger partial charge in [0.2, 0.25) is 0 Å². The third-order valence-electron chi connectivity index (χ3n) is 4.17. The van der Waals surface area contributed by atoms with Crippen molar-refractivity contribution in [1.29, 1.82) is 0 Å². The molecule has 0 aliphatic carbocycles. The molecular weight excluding hydrogens is 298 g/mol. The van der Waals surface area contributed by atoms with E-state index in [0.29, 0.717) is 6.61 Å². The van der Waals surface area contributed by atoms with E-state index in [-0.39, 0.29) is 0 Å². The van der Waals surface area contributed by atoms with Gasteiger partial charge >= 0.3 is 0 Å². The molecule has 0 aliphatic rings. The average molecular weight is 321 g/mol. The Bertz CT molecular complexity index is 786. The van der Waals surface area contributed by atoms with E-state index in [1.807, 2.05) is 48.1 Å². The number of hydrogen-bond acceptors (Lipinski definition) is 3. The second-order valence-corrected chi connectivity index (χ2v) is 5.96. The van der Waals surface area contributed by atoms with Crippen molar-refractivity contribution in [2.24, 2.45) is 0 Å². The zero-order chi connectivity index (χ0) is 16.9. The number of benzene rings is 2. The first-order valence-corrected chi connectivity index (χ1v) is 8.37. The predicted molar refractivity (Wildman–Crippen MR) is 95.9 cm³/mol. The highest BCUT2D eigenvalue weighted by molar-refractivity contribution is 5.41. The van der Waals surface area contributed by atoms with Crippen molar-refractivity contribution in [3.63, 3.8) is 0 Å². The summed E-state index contributed by atoms with van der Waals surface area (Å²) in [6.45, 7) is 6.99. The lowest BCUT2D eigenvalue weighted by Gasteiger charge is -2.12. The second kappa shape index (κ2) is 7.30. The molecule has 3 rings (SSSR count). The number of aryl methyl sites for hydroxylation is 3. The van der Waals surface area contributed by atoms with Crippen LogP contribution in [0.5, 0.6) is 5.75 Å². The van der Waals surface area contributed by atoms with E-state index in [9.17, 15) is 0 Å². The lowest BCUT2D eigenvalue weighted by molar-refractivity contribution is 0.339. The molecule has 0 saturated carbocycles. The number of para-hydroxylation sites is 1. The Morgan fingerprint density at radius 2 is 1.71 bits per heavy atom. The molecule has 0 spiro atoms. The summed E-state index contributed by atoms with van der Waals surface area (Å²) in [7, 11) is 0. The van der Waals surface area contributed by atoms with E-state index >= 15 is 0 Å². The Morgan fingerprint density at radius 1 is 1.00 bits per heavy atom. The van der Waals surface area contributed by atoms with Crippen molar-refractivity contribution < 1.29 is 4.74 Å². The molecule has 0 fully saturated rings. The van der Waals surface area contributed by atoms with Crippen LogP contribution in [0.4, 0.5) is 0 Å². The van der Waals surface area contributed by atoms with E-state index in [2.05, 4.69) is 36.3 Å².